The molecule has 1 heterocycles. The molecular formula is C14H24N2O3. The number of carbonyl (C=O) groups is 2. The van der Waals surface area contributed by atoms with Crippen molar-refractivity contribution >= 4 is 11.9 Å². The maximum absolute atomic E-state index is 11.5. The molecule has 0 aromatic heterocycles. The summed E-state index contributed by atoms with van der Waals surface area (Å²) in [5.74, 6) is -0.544. The molecule has 19 heavy (non-hydrogen) atoms. The third kappa shape index (κ3) is 4.20. The molecule has 5 nitrogen and oxygen atoms in total. The Morgan fingerprint density at radius 3 is 2.84 bits per heavy atom. The summed E-state index contributed by atoms with van der Waals surface area (Å²) in [6, 6.07) is 0.207. The van der Waals surface area contributed by atoms with Gasteiger partial charge < -0.3 is 15.7 Å². The van der Waals surface area contributed by atoms with Crippen molar-refractivity contribution in [3.8, 4) is 0 Å². The van der Waals surface area contributed by atoms with Gasteiger partial charge in [0.15, 0.2) is 0 Å². The molecule has 2 fully saturated rings. The summed E-state index contributed by atoms with van der Waals surface area (Å²) in [5.41, 5.74) is 0. The first-order valence-electron chi connectivity index (χ1n) is 7.39. The molecular weight excluding hydrogens is 244 g/mol. The van der Waals surface area contributed by atoms with E-state index in [1.54, 1.807) is 0 Å². The fourth-order valence-corrected chi connectivity index (χ4v) is 3.24. The van der Waals surface area contributed by atoms with Gasteiger partial charge in [-0.05, 0) is 38.1 Å². The SMILES string of the molecule is O=C1CC(NCC2CCCCC2C(=O)O)CCCN1. The number of hydrogen-bond acceptors (Lipinski definition) is 3. The summed E-state index contributed by atoms with van der Waals surface area (Å²) in [6.45, 7) is 1.49. The van der Waals surface area contributed by atoms with Crippen LogP contribution in [0.1, 0.15) is 44.9 Å². The number of carboxylic acids is 1. The van der Waals surface area contributed by atoms with Gasteiger partial charge in [-0.2, -0.15) is 0 Å². The van der Waals surface area contributed by atoms with Crippen molar-refractivity contribution in [3.05, 3.63) is 0 Å². The Morgan fingerprint density at radius 1 is 1.26 bits per heavy atom. The predicted octanol–water partition coefficient (Wildman–Crippen LogP) is 1.14. The first kappa shape index (κ1) is 14.3. The molecule has 2 aliphatic rings. The highest BCUT2D eigenvalue weighted by molar-refractivity contribution is 5.76. The number of amides is 1. The van der Waals surface area contributed by atoms with Gasteiger partial charge in [-0.25, -0.2) is 0 Å². The summed E-state index contributed by atoms with van der Waals surface area (Å²) in [5, 5.41) is 15.5. The second-order valence-electron chi connectivity index (χ2n) is 5.79. The van der Waals surface area contributed by atoms with Crippen molar-refractivity contribution in [2.24, 2.45) is 11.8 Å². The van der Waals surface area contributed by atoms with Crippen molar-refractivity contribution < 1.29 is 14.7 Å². The fraction of sp³-hybridized carbons (Fsp3) is 0.857. The second-order valence-corrected chi connectivity index (χ2v) is 5.79. The van der Waals surface area contributed by atoms with Gasteiger partial charge >= 0.3 is 5.97 Å². The van der Waals surface area contributed by atoms with Crippen LogP contribution in [0.2, 0.25) is 0 Å². The molecule has 5 heteroatoms. The number of carboxylic acid groups (broad SMARTS) is 1. The Labute approximate surface area is 114 Å². The lowest BCUT2D eigenvalue weighted by atomic mass is 9.79. The van der Waals surface area contributed by atoms with E-state index in [-0.39, 0.29) is 23.8 Å². The third-order valence-electron chi connectivity index (χ3n) is 4.38. The average Bonchev–Trinajstić information content (AvgIpc) is 2.61. The van der Waals surface area contributed by atoms with Crippen molar-refractivity contribution in [1.82, 2.24) is 10.6 Å². The molecule has 3 atom stereocenters. The Bertz CT molecular complexity index is 333. The fourth-order valence-electron chi connectivity index (χ4n) is 3.24. The summed E-state index contributed by atoms with van der Waals surface area (Å²) in [6.07, 6.45) is 6.44. The van der Waals surface area contributed by atoms with E-state index in [0.717, 1.165) is 51.6 Å². The first-order valence-corrected chi connectivity index (χ1v) is 7.39. The lowest BCUT2D eigenvalue weighted by Crippen LogP contribution is -2.40. The van der Waals surface area contributed by atoms with Crippen LogP contribution < -0.4 is 10.6 Å². The topological polar surface area (TPSA) is 78.4 Å². The van der Waals surface area contributed by atoms with E-state index in [2.05, 4.69) is 10.6 Å². The Balaban J connectivity index is 1.82. The van der Waals surface area contributed by atoms with Crippen LogP contribution in [0.5, 0.6) is 0 Å². The average molecular weight is 268 g/mol. The largest absolute Gasteiger partial charge is 0.481 e. The number of carbonyl (C=O) groups excluding carboxylic acids is 1. The van der Waals surface area contributed by atoms with Crippen molar-refractivity contribution in [2.75, 3.05) is 13.1 Å². The molecule has 0 radical (unpaired) electrons. The van der Waals surface area contributed by atoms with Gasteiger partial charge in [0, 0.05) is 19.0 Å². The van der Waals surface area contributed by atoms with Crippen molar-refractivity contribution in [3.63, 3.8) is 0 Å². The maximum atomic E-state index is 11.5. The van der Waals surface area contributed by atoms with Crippen LogP contribution >= 0.6 is 0 Å². The summed E-state index contributed by atoms with van der Waals surface area (Å²) >= 11 is 0. The lowest BCUT2D eigenvalue weighted by molar-refractivity contribution is -0.144. The predicted molar refractivity (Wildman–Crippen MR) is 71.7 cm³/mol. The highest BCUT2D eigenvalue weighted by Gasteiger charge is 2.31. The van der Waals surface area contributed by atoms with Crippen molar-refractivity contribution in [2.45, 2.75) is 51.0 Å². The molecule has 108 valence electrons. The molecule has 3 N–H and O–H groups in total. The van der Waals surface area contributed by atoms with Crippen LogP contribution in [0, 0.1) is 11.8 Å². The Kier molecular flexibility index (Phi) is 5.19. The summed E-state index contributed by atoms with van der Waals surface area (Å²) in [7, 11) is 0. The number of rotatable bonds is 4. The van der Waals surface area contributed by atoms with E-state index in [1.165, 1.54) is 0 Å². The molecule has 2 rings (SSSR count). The van der Waals surface area contributed by atoms with Crippen LogP contribution in [0.4, 0.5) is 0 Å². The lowest BCUT2D eigenvalue weighted by Gasteiger charge is -2.30. The molecule has 1 aliphatic heterocycles. The molecule has 0 bridgehead atoms. The number of hydrogen-bond donors (Lipinski definition) is 3. The standard InChI is InChI=1S/C14H24N2O3/c17-13-8-11(5-3-7-15-13)16-9-10-4-1-2-6-12(10)14(18)19/h10-12,16H,1-9H2,(H,15,17)(H,18,19). The zero-order chi connectivity index (χ0) is 13.7. The van der Waals surface area contributed by atoms with Crippen LogP contribution in [0.3, 0.4) is 0 Å². The third-order valence-corrected chi connectivity index (χ3v) is 4.38. The minimum atomic E-state index is -0.662. The van der Waals surface area contributed by atoms with Gasteiger partial charge in [0.1, 0.15) is 0 Å². The van der Waals surface area contributed by atoms with E-state index in [4.69, 9.17) is 0 Å². The first-order chi connectivity index (χ1) is 9.16. The minimum Gasteiger partial charge on any atom is -0.481 e. The monoisotopic (exact) mass is 268 g/mol. The van der Waals surface area contributed by atoms with Crippen molar-refractivity contribution in [1.29, 1.82) is 0 Å². The smallest absolute Gasteiger partial charge is 0.306 e. The van der Waals surface area contributed by atoms with Crippen LogP contribution in [0.25, 0.3) is 0 Å². The van der Waals surface area contributed by atoms with Gasteiger partial charge in [-0.15, -0.1) is 0 Å². The van der Waals surface area contributed by atoms with Gasteiger partial charge in [-0.1, -0.05) is 12.8 Å². The highest BCUT2D eigenvalue weighted by atomic mass is 16.4. The van der Waals surface area contributed by atoms with Crippen LogP contribution in [0.15, 0.2) is 0 Å². The molecule has 1 saturated heterocycles. The molecule has 3 unspecified atom stereocenters. The normalized spacial score (nSPS) is 32.4. The zero-order valence-corrected chi connectivity index (χ0v) is 11.4. The molecule has 1 saturated carbocycles. The highest BCUT2D eigenvalue weighted by Crippen LogP contribution is 2.30. The summed E-state index contributed by atoms with van der Waals surface area (Å²) in [4.78, 5) is 22.7. The zero-order valence-electron chi connectivity index (χ0n) is 11.4. The second kappa shape index (κ2) is 6.89. The van der Waals surface area contributed by atoms with E-state index < -0.39 is 5.97 Å². The van der Waals surface area contributed by atoms with Gasteiger partial charge in [0.2, 0.25) is 5.91 Å². The van der Waals surface area contributed by atoms with Crippen LogP contribution in [-0.2, 0) is 9.59 Å². The molecule has 1 amide bonds. The van der Waals surface area contributed by atoms with Crippen LogP contribution in [-0.4, -0.2) is 36.1 Å². The quantitative estimate of drug-likeness (QED) is 0.714. The van der Waals surface area contributed by atoms with E-state index in [1.807, 2.05) is 0 Å². The van der Waals surface area contributed by atoms with E-state index in [9.17, 15) is 14.7 Å². The van der Waals surface area contributed by atoms with Gasteiger partial charge in [0.05, 0.1) is 5.92 Å². The molecule has 0 aromatic rings. The number of nitrogens with one attached hydrogen (secondary N) is 2. The molecule has 1 aliphatic carbocycles. The van der Waals surface area contributed by atoms with Gasteiger partial charge in [-0.3, -0.25) is 9.59 Å². The summed E-state index contributed by atoms with van der Waals surface area (Å²) < 4.78 is 0. The Hall–Kier alpha value is -1.10. The minimum absolute atomic E-state index is 0.105. The van der Waals surface area contributed by atoms with E-state index >= 15 is 0 Å². The Morgan fingerprint density at radius 2 is 2.05 bits per heavy atom. The maximum Gasteiger partial charge on any atom is 0.306 e. The molecule has 0 aromatic carbocycles. The van der Waals surface area contributed by atoms with E-state index in [0.29, 0.717) is 6.42 Å². The molecule has 0 spiro atoms. The number of aliphatic carboxylic acids is 1. The van der Waals surface area contributed by atoms with Gasteiger partial charge in [0.25, 0.3) is 0 Å².